The molecular weight excluding hydrogens is 282 g/mol. The van der Waals surface area contributed by atoms with Gasteiger partial charge in [-0.2, -0.15) is 5.10 Å². The third kappa shape index (κ3) is 4.18. The second kappa shape index (κ2) is 6.89. The molecule has 0 radical (unpaired) electrons. The number of amides is 1. The fourth-order valence-corrected chi connectivity index (χ4v) is 1.96. The summed E-state index contributed by atoms with van der Waals surface area (Å²) < 4.78 is 7.14. The summed E-state index contributed by atoms with van der Waals surface area (Å²) in [5, 5.41) is 4.06. The first-order valence-electron chi connectivity index (χ1n) is 6.91. The second-order valence-electron chi connectivity index (χ2n) is 5.14. The highest BCUT2D eigenvalue weighted by Crippen LogP contribution is 2.13. The number of likely N-dealkylation sites (N-methyl/N-ethyl adjacent to an activating group) is 1. The summed E-state index contributed by atoms with van der Waals surface area (Å²) in [5.74, 6) is 0.437. The number of carbonyl (C=O) groups excluding carboxylic acids is 2. The van der Waals surface area contributed by atoms with E-state index in [-0.39, 0.29) is 18.3 Å². The Bertz CT molecular complexity index is 662. The van der Waals surface area contributed by atoms with Crippen LogP contribution in [0.1, 0.15) is 22.8 Å². The highest BCUT2D eigenvalue weighted by molar-refractivity contribution is 5.94. The summed E-state index contributed by atoms with van der Waals surface area (Å²) in [7, 11) is 3.55. The first-order valence-corrected chi connectivity index (χ1v) is 6.91. The predicted molar refractivity (Wildman–Crippen MR) is 81.6 cm³/mol. The lowest BCUT2D eigenvalue weighted by atomic mass is 10.1. The normalized spacial score (nSPS) is 10.3. The quantitative estimate of drug-likeness (QED) is 0.761. The molecule has 0 N–H and O–H groups in total. The number of nitrogens with zero attached hydrogens (tertiary/aromatic N) is 3. The standard InChI is InChI=1S/C16H19N3O3/c1-12(20)14-4-6-15(7-5-14)22-11-16(21)18(2)9-13-8-17-19(3)10-13/h4-8,10H,9,11H2,1-3H3. The highest BCUT2D eigenvalue weighted by Gasteiger charge is 2.11. The van der Waals surface area contributed by atoms with Gasteiger partial charge in [0.2, 0.25) is 0 Å². The molecule has 1 heterocycles. The number of ether oxygens (including phenoxy) is 1. The van der Waals surface area contributed by atoms with Crippen LogP contribution in [0, 0.1) is 0 Å². The minimum absolute atomic E-state index is 0.00108. The SMILES string of the molecule is CC(=O)c1ccc(OCC(=O)N(C)Cc2cnn(C)c2)cc1. The van der Waals surface area contributed by atoms with Gasteiger partial charge in [-0.1, -0.05) is 0 Å². The van der Waals surface area contributed by atoms with Gasteiger partial charge in [0.15, 0.2) is 12.4 Å². The molecule has 0 aliphatic rings. The Kier molecular flexibility index (Phi) is 4.93. The first kappa shape index (κ1) is 15.8. The Hall–Kier alpha value is -2.63. The molecule has 0 unspecified atom stereocenters. The number of benzene rings is 1. The van der Waals surface area contributed by atoms with Crippen molar-refractivity contribution in [2.24, 2.45) is 7.05 Å². The smallest absolute Gasteiger partial charge is 0.260 e. The van der Waals surface area contributed by atoms with Crippen LogP contribution in [-0.4, -0.2) is 40.0 Å². The van der Waals surface area contributed by atoms with E-state index in [1.54, 1.807) is 47.1 Å². The number of Topliss-reactive ketones (excluding diaryl/α,β-unsaturated/α-hetero) is 1. The molecule has 6 heteroatoms. The van der Waals surface area contributed by atoms with Crippen molar-refractivity contribution < 1.29 is 14.3 Å². The van der Waals surface area contributed by atoms with Crippen LogP contribution in [0.2, 0.25) is 0 Å². The van der Waals surface area contributed by atoms with E-state index in [9.17, 15) is 9.59 Å². The van der Waals surface area contributed by atoms with Crippen molar-refractivity contribution in [3.63, 3.8) is 0 Å². The van der Waals surface area contributed by atoms with E-state index in [0.29, 0.717) is 17.9 Å². The van der Waals surface area contributed by atoms with Gasteiger partial charge in [0, 0.05) is 38.0 Å². The van der Waals surface area contributed by atoms with Crippen LogP contribution in [0.3, 0.4) is 0 Å². The zero-order valence-electron chi connectivity index (χ0n) is 12.9. The molecule has 0 atom stereocenters. The van der Waals surface area contributed by atoms with Crippen molar-refractivity contribution in [1.82, 2.24) is 14.7 Å². The lowest BCUT2D eigenvalue weighted by Crippen LogP contribution is -2.30. The van der Waals surface area contributed by atoms with Crippen molar-refractivity contribution in [2.75, 3.05) is 13.7 Å². The average molecular weight is 301 g/mol. The maximum atomic E-state index is 12.0. The molecule has 0 bridgehead atoms. The van der Waals surface area contributed by atoms with Gasteiger partial charge < -0.3 is 9.64 Å². The molecule has 0 saturated carbocycles. The van der Waals surface area contributed by atoms with Crippen molar-refractivity contribution in [3.05, 3.63) is 47.8 Å². The van der Waals surface area contributed by atoms with E-state index in [4.69, 9.17) is 4.74 Å². The number of carbonyl (C=O) groups is 2. The van der Waals surface area contributed by atoms with Crippen molar-refractivity contribution in [3.8, 4) is 5.75 Å². The van der Waals surface area contributed by atoms with E-state index in [1.165, 1.54) is 6.92 Å². The number of aryl methyl sites for hydroxylation is 1. The fraction of sp³-hybridized carbons (Fsp3) is 0.312. The fourth-order valence-electron chi connectivity index (χ4n) is 1.96. The summed E-state index contributed by atoms with van der Waals surface area (Å²) in [6.45, 7) is 1.95. The Morgan fingerprint density at radius 3 is 2.50 bits per heavy atom. The van der Waals surface area contributed by atoms with Gasteiger partial charge in [-0.3, -0.25) is 14.3 Å². The first-order chi connectivity index (χ1) is 10.5. The van der Waals surface area contributed by atoms with Crippen LogP contribution in [0.4, 0.5) is 0 Å². The molecule has 2 aromatic rings. The van der Waals surface area contributed by atoms with Crippen LogP contribution in [-0.2, 0) is 18.4 Å². The van der Waals surface area contributed by atoms with Gasteiger partial charge >= 0.3 is 0 Å². The molecule has 0 aliphatic carbocycles. The van der Waals surface area contributed by atoms with Crippen LogP contribution in [0.15, 0.2) is 36.7 Å². The molecule has 1 aromatic heterocycles. The molecule has 0 saturated heterocycles. The summed E-state index contributed by atoms with van der Waals surface area (Å²) in [4.78, 5) is 24.8. The Morgan fingerprint density at radius 2 is 1.95 bits per heavy atom. The maximum Gasteiger partial charge on any atom is 0.260 e. The topological polar surface area (TPSA) is 64.4 Å². The predicted octanol–water partition coefficient (Wildman–Crippen LogP) is 1.66. The Morgan fingerprint density at radius 1 is 1.27 bits per heavy atom. The summed E-state index contributed by atoms with van der Waals surface area (Å²) >= 11 is 0. The molecule has 1 aromatic carbocycles. The summed E-state index contributed by atoms with van der Waals surface area (Å²) in [5.41, 5.74) is 1.58. The number of hydrogen-bond acceptors (Lipinski definition) is 4. The monoisotopic (exact) mass is 301 g/mol. The molecule has 0 fully saturated rings. The van der Waals surface area contributed by atoms with Crippen LogP contribution >= 0.6 is 0 Å². The van der Waals surface area contributed by atoms with E-state index in [1.807, 2.05) is 13.2 Å². The molecule has 22 heavy (non-hydrogen) atoms. The molecule has 0 aliphatic heterocycles. The minimum atomic E-state index is -0.125. The number of rotatable bonds is 6. The molecule has 2 rings (SSSR count). The third-order valence-electron chi connectivity index (χ3n) is 3.23. The lowest BCUT2D eigenvalue weighted by molar-refractivity contribution is -0.132. The van der Waals surface area contributed by atoms with Gasteiger partial charge in [-0.05, 0) is 31.2 Å². The van der Waals surface area contributed by atoms with E-state index < -0.39 is 0 Å². The van der Waals surface area contributed by atoms with Crippen molar-refractivity contribution in [2.45, 2.75) is 13.5 Å². The van der Waals surface area contributed by atoms with Gasteiger partial charge in [0.05, 0.1) is 6.20 Å². The summed E-state index contributed by atoms with van der Waals surface area (Å²) in [6.07, 6.45) is 3.59. The van der Waals surface area contributed by atoms with Gasteiger partial charge in [-0.15, -0.1) is 0 Å². The van der Waals surface area contributed by atoms with Crippen LogP contribution in [0.25, 0.3) is 0 Å². The van der Waals surface area contributed by atoms with Gasteiger partial charge in [0.1, 0.15) is 5.75 Å². The number of hydrogen-bond donors (Lipinski definition) is 0. The molecular formula is C16H19N3O3. The molecule has 6 nitrogen and oxygen atoms in total. The zero-order valence-corrected chi connectivity index (χ0v) is 12.9. The third-order valence-corrected chi connectivity index (χ3v) is 3.23. The molecule has 0 spiro atoms. The van der Waals surface area contributed by atoms with E-state index >= 15 is 0 Å². The average Bonchev–Trinajstić information content (AvgIpc) is 2.90. The van der Waals surface area contributed by atoms with Crippen molar-refractivity contribution >= 4 is 11.7 Å². The van der Waals surface area contributed by atoms with E-state index in [2.05, 4.69) is 5.10 Å². The largest absolute Gasteiger partial charge is 0.484 e. The molecule has 1 amide bonds. The number of ketones is 1. The Labute approximate surface area is 129 Å². The van der Waals surface area contributed by atoms with Gasteiger partial charge in [0.25, 0.3) is 5.91 Å². The van der Waals surface area contributed by atoms with Crippen LogP contribution in [0.5, 0.6) is 5.75 Å². The highest BCUT2D eigenvalue weighted by atomic mass is 16.5. The van der Waals surface area contributed by atoms with Crippen molar-refractivity contribution in [1.29, 1.82) is 0 Å². The second-order valence-corrected chi connectivity index (χ2v) is 5.14. The summed E-state index contributed by atoms with van der Waals surface area (Å²) in [6, 6.07) is 6.74. The Balaban J connectivity index is 1.85. The van der Waals surface area contributed by atoms with E-state index in [0.717, 1.165) is 5.56 Å². The number of aromatic nitrogens is 2. The molecule has 116 valence electrons. The van der Waals surface area contributed by atoms with Gasteiger partial charge in [-0.25, -0.2) is 0 Å². The zero-order chi connectivity index (χ0) is 16.1. The van der Waals surface area contributed by atoms with Crippen LogP contribution < -0.4 is 4.74 Å². The maximum absolute atomic E-state index is 12.0. The lowest BCUT2D eigenvalue weighted by Gasteiger charge is -2.16. The minimum Gasteiger partial charge on any atom is -0.484 e.